The molecule has 0 spiro atoms. The highest BCUT2D eigenvalue weighted by Crippen LogP contribution is 2.25. The molecule has 1 aromatic carbocycles. The van der Waals surface area contributed by atoms with E-state index in [4.69, 9.17) is 5.73 Å². The number of hydrogen-bond acceptors (Lipinski definition) is 4. The molecule has 92 valence electrons. The molecule has 0 aliphatic carbocycles. The van der Waals surface area contributed by atoms with Crippen LogP contribution in [0, 0.1) is 0 Å². The number of fused-ring (bicyclic) bond motifs is 1. The van der Waals surface area contributed by atoms with E-state index < -0.39 is 0 Å². The Morgan fingerprint density at radius 1 is 1.39 bits per heavy atom. The third-order valence-corrected chi connectivity index (χ3v) is 3.75. The normalized spacial score (nSPS) is 11.2. The van der Waals surface area contributed by atoms with Crippen molar-refractivity contribution in [3.8, 4) is 0 Å². The fraction of sp³-hybridized carbons (Fsp3) is 0.231. The zero-order valence-electron chi connectivity index (χ0n) is 10.1. The number of nitrogens with two attached hydrogens (primary N) is 1. The number of nitrogen functional groups attached to an aromatic ring is 1. The molecule has 0 atom stereocenters. The molecule has 0 saturated carbocycles. The van der Waals surface area contributed by atoms with Gasteiger partial charge in [0.15, 0.2) is 0 Å². The van der Waals surface area contributed by atoms with Gasteiger partial charge in [-0.1, -0.05) is 13.0 Å². The lowest BCUT2D eigenvalue weighted by Crippen LogP contribution is -2.01. The Bertz CT molecular complexity index is 670. The molecule has 0 aliphatic rings. The van der Waals surface area contributed by atoms with E-state index in [0.717, 1.165) is 33.7 Å². The lowest BCUT2D eigenvalue weighted by atomic mass is 10.1. The minimum Gasteiger partial charge on any atom is -0.398 e. The maximum atomic E-state index is 6.05. The number of anilines is 1. The molecule has 2 N–H and O–H groups in total. The van der Waals surface area contributed by atoms with Gasteiger partial charge in [0.25, 0.3) is 0 Å². The van der Waals surface area contributed by atoms with Crippen LogP contribution < -0.4 is 5.73 Å². The highest BCUT2D eigenvalue weighted by atomic mass is 32.1. The first kappa shape index (κ1) is 11.2. The molecule has 0 fully saturated rings. The van der Waals surface area contributed by atoms with E-state index in [1.165, 1.54) is 0 Å². The number of aromatic nitrogens is 3. The average molecular weight is 258 g/mol. The van der Waals surface area contributed by atoms with Crippen LogP contribution in [0.4, 0.5) is 5.69 Å². The molecule has 0 amide bonds. The zero-order chi connectivity index (χ0) is 12.5. The molecule has 5 heteroatoms. The van der Waals surface area contributed by atoms with Crippen molar-refractivity contribution in [1.82, 2.24) is 14.8 Å². The fourth-order valence-corrected chi connectivity index (χ4v) is 2.76. The van der Waals surface area contributed by atoms with Crippen molar-refractivity contribution in [2.75, 3.05) is 5.73 Å². The van der Waals surface area contributed by atoms with E-state index in [1.807, 2.05) is 28.4 Å². The molecule has 3 aromatic rings. The molecule has 2 heterocycles. The van der Waals surface area contributed by atoms with E-state index >= 15 is 0 Å². The Kier molecular flexibility index (Phi) is 2.76. The van der Waals surface area contributed by atoms with Crippen molar-refractivity contribution in [3.63, 3.8) is 0 Å². The first-order chi connectivity index (χ1) is 8.79. The Hall–Kier alpha value is -1.88. The molecule has 0 bridgehead atoms. The highest BCUT2D eigenvalue weighted by molar-refractivity contribution is 7.09. The monoisotopic (exact) mass is 258 g/mol. The van der Waals surface area contributed by atoms with Crippen molar-refractivity contribution >= 4 is 27.9 Å². The van der Waals surface area contributed by atoms with Gasteiger partial charge in [0.05, 0.1) is 17.8 Å². The lowest BCUT2D eigenvalue weighted by molar-refractivity contribution is 0.692. The largest absolute Gasteiger partial charge is 0.398 e. The van der Waals surface area contributed by atoms with E-state index in [0.29, 0.717) is 6.54 Å². The topological polar surface area (TPSA) is 56.7 Å². The third-order valence-electron chi connectivity index (χ3n) is 2.99. The molecule has 0 saturated heterocycles. The van der Waals surface area contributed by atoms with E-state index in [2.05, 4.69) is 23.1 Å². The zero-order valence-corrected chi connectivity index (χ0v) is 10.9. The maximum Gasteiger partial charge on any atom is 0.114 e. The predicted octanol–water partition coefficient (Wildman–Crippen LogP) is 2.69. The van der Waals surface area contributed by atoms with Crippen molar-refractivity contribution in [1.29, 1.82) is 0 Å². The maximum absolute atomic E-state index is 6.05. The minimum absolute atomic E-state index is 0.706. The van der Waals surface area contributed by atoms with Crippen LogP contribution in [0.25, 0.3) is 10.9 Å². The fourth-order valence-electron chi connectivity index (χ4n) is 2.16. The molecule has 0 aliphatic heterocycles. The van der Waals surface area contributed by atoms with Crippen molar-refractivity contribution in [2.45, 2.75) is 19.9 Å². The van der Waals surface area contributed by atoms with Crippen LogP contribution in [-0.2, 0) is 13.0 Å². The number of rotatable bonds is 3. The molecule has 2 aromatic heterocycles. The lowest BCUT2D eigenvalue weighted by Gasteiger charge is -2.01. The SMILES string of the molecule is CCc1nn(Cc2nccs2)c2cccc(N)c12. The van der Waals surface area contributed by atoms with Gasteiger partial charge < -0.3 is 5.73 Å². The molecule has 0 unspecified atom stereocenters. The second-order valence-corrected chi connectivity index (χ2v) is 5.10. The number of nitrogens with zero attached hydrogens (tertiary/aromatic N) is 3. The minimum atomic E-state index is 0.706. The van der Waals surface area contributed by atoms with Crippen LogP contribution in [0.15, 0.2) is 29.8 Å². The van der Waals surface area contributed by atoms with E-state index in [1.54, 1.807) is 11.3 Å². The second kappa shape index (κ2) is 4.42. The van der Waals surface area contributed by atoms with Gasteiger partial charge in [-0.3, -0.25) is 4.68 Å². The molecule has 3 rings (SSSR count). The quantitative estimate of drug-likeness (QED) is 0.735. The first-order valence-corrected chi connectivity index (χ1v) is 6.79. The Morgan fingerprint density at radius 3 is 3.00 bits per heavy atom. The van der Waals surface area contributed by atoms with Crippen molar-refractivity contribution in [3.05, 3.63) is 40.5 Å². The first-order valence-electron chi connectivity index (χ1n) is 5.92. The molecule has 0 radical (unpaired) electrons. The van der Waals surface area contributed by atoms with E-state index in [-0.39, 0.29) is 0 Å². The third kappa shape index (κ3) is 1.76. The standard InChI is InChI=1S/C13H14N4S/c1-2-10-13-9(14)4-3-5-11(13)17(16-10)8-12-15-6-7-18-12/h3-7H,2,8,14H2,1H3. The van der Waals surface area contributed by atoms with Gasteiger partial charge in [0.1, 0.15) is 5.01 Å². The van der Waals surface area contributed by atoms with Gasteiger partial charge >= 0.3 is 0 Å². The second-order valence-electron chi connectivity index (χ2n) is 4.13. The molecular weight excluding hydrogens is 244 g/mol. The van der Waals surface area contributed by atoms with Gasteiger partial charge in [-0.05, 0) is 18.6 Å². The predicted molar refractivity (Wildman–Crippen MR) is 74.7 cm³/mol. The summed E-state index contributed by atoms with van der Waals surface area (Å²) in [6.07, 6.45) is 2.70. The van der Waals surface area contributed by atoms with Crippen LogP contribution in [0.5, 0.6) is 0 Å². The molecule has 18 heavy (non-hydrogen) atoms. The summed E-state index contributed by atoms with van der Waals surface area (Å²) in [5.74, 6) is 0. The summed E-state index contributed by atoms with van der Waals surface area (Å²) in [5, 5.41) is 8.77. The smallest absolute Gasteiger partial charge is 0.114 e. The van der Waals surface area contributed by atoms with Gasteiger partial charge in [0.2, 0.25) is 0 Å². The number of aryl methyl sites for hydroxylation is 1. The number of hydrogen-bond donors (Lipinski definition) is 1. The van der Waals surface area contributed by atoms with Gasteiger partial charge in [0, 0.05) is 22.7 Å². The van der Waals surface area contributed by atoms with Gasteiger partial charge in [-0.25, -0.2) is 4.98 Å². The van der Waals surface area contributed by atoms with Crippen LogP contribution >= 0.6 is 11.3 Å². The Morgan fingerprint density at radius 2 is 2.28 bits per heavy atom. The Balaban J connectivity index is 2.15. The van der Waals surface area contributed by atoms with Crippen molar-refractivity contribution in [2.24, 2.45) is 0 Å². The highest BCUT2D eigenvalue weighted by Gasteiger charge is 2.12. The summed E-state index contributed by atoms with van der Waals surface area (Å²) < 4.78 is 1.99. The molecular formula is C13H14N4S. The van der Waals surface area contributed by atoms with E-state index in [9.17, 15) is 0 Å². The summed E-state index contributed by atoms with van der Waals surface area (Å²) in [6, 6.07) is 5.96. The molecule has 4 nitrogen and oxygen atoms in total. The summed E-state index contributed by atoms with van der Waals surface area (Å²) in [4.78, 5) is 4.30. The van der Waals surface area contributed by atoms with Crippen molar-refractivity contribution < 1.29 is 0 Å². The van der Waals surface area contributed by atoms with Crippen LogP contribution in [0.3, 0.4) is 0 Å². The summed E-state index contributed by atoms with van der Waals surface area (Å²) in [5.41, 5.74) is 8.99. The van der Waals surface area contributed by atoms with Gasteiger partial charge in [-0.15, -0.1) is 11.3 Å². The van der Waals surface area contributed by atoms with Crippen LogP contribution in [0.2, 0.25) is 0 Å². The number of thiazole rings is 1. The summed E-state index contributed by atoms with van der Waals surface area (Å²) in [6.45, 7) is 2.81. The average Bonchev–Trinajstić information content (AvgIpc) is 2.99. The summed E-state index contributed by atoms with van der Waals surface area (Å²) in [7, 11) is 0. The van der Waals surface area contributed by atoms with Gasteiger partial charge in [-0.2, -0.15) is 5.10 Å². The Labute approximate surface area is 109 Å². The van der Waals surface area contributed by atoms with Crippen LogP contribution in [-0.4, -0.2) is 14.8 Å². The van der Waals surface area contributed by atoms with Crippen LogP contribution in [0.1, 0.15) is 17.6 Å². The number of benzene rings is 1. The summed E-state index contributed by atoms with van der Waals surface area (Å²) >= 11 is 1.64.